The number of hydrogen-bond acceptors (Lipinski definition) is 6. The minimum absolute atomic E-state index is 0.00000248. The van der Waals surface area contributed by atoms with Crippen molar-refractivity contribution in [1.82, 2.24) is 5.32 Å². The number of amides is 1. The van der Waals surface area contributed by atoms with Gasteiger partial charge in [0.1, 0.15) is 10.7 Å². The third-order valence-corrected chi connectivity index (χ3v) is 6.10. The second-order valence-electron chi connectivity index (χ2n) is 6.91. The number of carbonyl (C=O) groups excluding carboxylic acids is 2. The summed E-state index contributed by atoms with van der Waals surface area (Å²) >= 11 is 0. The van der Waals surface area contributed by atoms with Crippen molar-refractivity contribution in [3.05, 3.63) is 23.8 Å². The molecule has 28 heavy (non-hydrogen) atoms. The molecule has 0 aliphatic carbocycles. The monoisotopic (exact) mass is 407 g/mol. The molecule has 0 atom stereocenters. The van der Waals surface area contributed by atoms with Crippen LogP contribution in [0.3, 0.4) is 0 Å². The zero-order chi connectivity index (χ0) is 20.1. The van der Waals surface area contributed by atoms with Crippen molar-refractivity contribution in [2.75, 3.05) is 24.6 Å². The molecule has 0 radical (unpaired) electrons. The normalized spacial score (nSPS) is 17.6. The first-order chi connectivity index (χ1) is 13.4. The highest BCUT2D eigenvalue weighted by Crippen LogP contribution is 2.35. The molecule has 2 aliphatic heterocycles. The highest BCUT2D eigenvalue weighted by atomic mass is 32.2. The molecule has 1 saturated heterocycles. The van der Waals surface area contributed by atoms with E-state index in [1.807, 2.05) is 11.8 Å². The summed E-state index contributed by atoms with van der Waals surface area (Å²) < 4.78 is 34.2. The summed E-state index contributed by atoms with van der Waals surface area (Å²) in [5.74, 6) is -0.565. The zero-order valence-corrected chi connectivity index (χ0v) is 16.8. The van der Waals surface area contributed by atoms with Gasteiger partial charge >= 0.3 is 5.97 Å². The van der Waals surface area contributed by atoms with Crippen LogP contribution in [0.4, 0.5) is 5.69 Å². The molecule has 1 N–H and O–H groups in total. The van der Waals surface area contributed by atoms with Crippen molar-refractivity contribution >= 4 is 33.4 Å². The number of hydrogen-bond donors (Lipinski definition) is 1. The minimum atomic E-state index is -3.87. The molecule has 1 aromatic rings. The van der Waals surface area contributed by atoms with Crippen LogP contribution in [0.15, 0.2) is 27.5 Å². The van der Waals surface area contributed by atoms with E-state index in [0.29, 0.717) is 31.0 Å². The summed E-state index contributed by atoms with van der Waals surface area (Å²) in [7, 11) is -3.87. The first kappa shape index (κ1) is 20.3. The van der Waals surface area contributed by atoms with Gasteiger partial charge in [0.05, 0.1) is 11.3 Å². The highest BCUT2D eigenvalue weighted by Gasteiger charge is 2.32. The largest absolute Gasteiger partial charge is 0.452 e. The van der Waals surface area contributed by atoms with Crippen LogP contribution in [-0.4, -0.2) is 45.8 Å². The number of rotatable bonds is 6. The molecule has 9 heteroatoms. The summed E-state index contributed by atoms with van der Waals surface area (Å²) in [4.78, 5) is 25.9. The smallest absolute Gasteiger partial charge is 0.338 e. The molecular formula is C19H25N3O5S. The van der Waals surface area contributed by atoms with Crippen LogP contribution in [0, 0.1) is 0 Å². The van der Waals surface area contributed by atoms with Gasteiger partial charge in [-0.05, 0) is 37.5 Å². The third-order valence-electron chi connectivity index (χ3n) is 4.77. The quantitative estimate of drug-likeness (QED) is 0.573. The number of esters is 1. The van der Waals surface area contributed by atoms with Gasteiger partial charge in [-0.3, -0.25) is 4.79 Å². The summed E-state index contributed by atoms with van der Waals surface area (Å²) in [5, 5.41) is 2.65. The molecule has 0 bridgehead atoms. The number of nitrogens with zero attached hydrogens (tertiary/aromatic N) is 2. The van der Waals surface area contributed by atoms with Gasteiger partial charge in [-0.1, -0.05) is 19.8 Å². The molecule has 0 unspecified atom stereocenters. The second-order valence-corrected chi connectivity index (χ2v) is 8.48. The van der Waals surface area contributed by atoms with Gasteiger partial charge in [-0.25, -0.2) is 4.79 Å². The first-order valence-corrected chi connectivity index (χ1v) is 11.1. The summed E-state index contributed by atoms with van der Waals surface area (Å²) in [6, 6.07) is 4.43. The van der Waals surface area contributed by atoms with Crippen molar-refractivity contribution in [3.63, 3.8) is 0 Å². The van der Waals surface area contributed by atoms with Gasteiger partial charge in [0, 0.05) is 19.5 Å². The topological polar surface area (TPSA) is 105 Å². The lowest BCUT2D eigenvalue weighted by Gasteiger charge is -2.29. The van der Waals surface area contributed by atoms with E-state index in [0.717, 1.165) is 32.1 Å². The Labute approximate surface area is 165 Å². The van der Waals surface area contributed by atoms with Gasteiger partial charge in [0.25, 0.3) is 15.9 Å². The predicted molar refractivity (Wildman–Crippen MR) is 105 cm³/mol. The van der Waals surface area contributed by atoms with E-state index in [1.54, 1.807) is 6.07 Å². The lowest BCUT2D eigenvalue weighted by atomic mass is 10.2. The fraction of sp³-hybridized carbons (Fsp3) is 0.526. The predicted octanol–water partition coefficient (Wildman–Crippen LogP) is 2.24. The van der Waals surface area contributed by atoms with E-state index in [-0.39, 0.29) is 16.4 Å². The van der Waals surface area contributed by atoms with E-state index in [4.69, 9.17) is 4.74 Å². The number of amidine groups is 1. The molecule has 2 aliphatic rings. The summed E-state index contributed by atoms with van der Waals surface area (Å²) in [6.45, 7) is 2.83. The lowest BCUT2D eigenvalue weighted by molar-refractivity contribution is -0.124. The van der Waals surface area contributed by atoms with Crippen LogP contribution < -0.4 is 10.2 Å². The standard InChI is InChI=1S/C19H25N3O5S/c1-2-3-10-20-18(23)13-27-19(24)14-8-9-15-16(12-14)28(25,26)21-17-7-5-4-6-11-22(15)17/h8-9,12H,2-7,10-11,13H2,1H3,(H,20,23). The number of sulfonamides is 1. The SMILES string of the molecule is CCCCNC(=O)COC(=O)c1ccc2c(c1)S(=O)(=O)N=C1CCCCCN12. The third kappa shape index (κ3) is 4.52. The van der Waals surface area contributed by atoms with Gasteiger partial charge in [0.2, 0.25) is 0 Å². The van der Waals surface area contributed by atoms with Crippen LogP contribution in [-0.2, 0) is 19.6 Å². The van der Waals surface area contributed by atoms with Gasteiger partial charge in [-0.2, -0.15) is 8.42 Å². The maximum atomic E-state index is 12.6. The van der Waals surface area contributed by atoms with Crippen LogP contribution >= 0.6 is 0 Å². The van der Waals surface area contributed by atoms with Gasteiger partial charge < -0.3 is 15.0 Å². The lowest BCUT2D eigenvalue weighted by Crippen LogP contribution is -2.35. The fourth-order valence-electron chi connectivity index (χ4n) is 3.28. The van der Waals surface area contributed by atoms with Crippen molar-refractivity contribution in [2.45, 2.75) is 50.3 Å². The number of unbranched alkanes of at least 4 members (excludes halogenated alkanes) is 1. The zero-order valence-electron chi connectivity index (χ0n) is 15.9. The molecule has 8 nitrogen and oxygen atoms in total. The average Bonchev–Trinajstić information content (AvgIpc) is 2.91. The van der Waals surface area contributed by atoms with E-state index in [2.05, 4.69) is 9.71 Å². The molecule has 1 amide bonds. The van der Waals surface area contributed by atoms with Crippen LogP contribution in [0.5, 0.6) is 0 Å². The minimum Gasteiger partial charge on any atom is -0.452 e. The van der Waals surface area contributed by atoms with Crippen molar-refractivity contribution in [1.29, 1.82) is 0 Å². The Kier molecular flexibility index (Phi) is 6.33. The Morgan fingerprint density at radius 1 is 1.25 bits per heavy atom. The number of fused-ring (bicyclic) bond motifs is 3. The van der Waals surface area contributed by atoms with Gasteiger partial charge in [-0.15, -0.1) is 4.40 Å². The molecule has 0 aromatic heterocycles. The molecule has 3 rings (SSSR count). The Morgan fingerprint density at radius 2 is 2.07 bits per heavy atom. The summed E-state index contributed by atoms with van der Waals surface area (Å²) in [6.07, 6.45) is 5.30. The Bertz CT molecular complexity index is 895. The second kappa shape index (κ2) is 8.72. The van der Waals surface area contributed by atoms with E-state index >= 15 is 0 Å². The number of carbonyl (C=O) groups is 2. The van der Waals surface area contributed by atoms with Crippen LogP contribution in [0.2, 0.25) is 0 Å². The van der Waals surface area contributed by atoms with Crippen molar-refractivity contribution in [3.8, 4) is 0 Å². The maximum absolute atomic E-state index is 12.6. The van der Waals surface area contributed by atoms with Crippen molar-refractivity contribution < 1.29 is 22.7 Å². The Morgan fingerprint density at radius 3 is 2.86 bits per heavy atom. The average molecular weight is 407 g/mol. The molecule has 1 aromatic carbocycles. The van der Waals surface area contributed by atoms with E-state index in [9.17, 15) is 18.0 Å². The number of nitrogens with one attached hydrogen (secondary N) is 1. The van der Waals surface area contributed by atoms with Gasteiger partial charge in [0.15, 0.2) is 6.61 Å². The molecule has 1 fully saturated rings. The molecule has 2 heterocycles. The molecule has 0 saturated carbocycles. The van der Waals surface area contributed by atoms with Crippen LogP contribution in [0.25, 0.3) is 0 Å². The maximum Gasteiger partial charge on any atom is 0.338 e. The molecular weight excluding hydrogens is 382 g/mol. The first-order valence-electron chi connectivity index (χ1n) is 9.61. The highest BCUT2D eigenvalue weighted by molar-refractivity contribution is 7.90. The molecule has 152 valence electrons. The number of anilines is 1. The summed E-state index contributed by atoms with van der Waals surface area (Å²) in [5.41, 5.74) is 0.623. The van der Waals surface area contributed by atoms with E-state index in [1.165, 1.54) is 12.1 Å². The van der Waals surface area contributed by atoms with Crippen molar-refractivity contribution in [2.24, 2.45) is 4.40 Å². The Balaban J connectivity index is 1.75. The Hall–Kier alpha value is -2.42. The van der Waals surface area contributed by atoms with E-state index < -0.39 is 22.6 Å². The van der Waals surface area contributed by atoms with Crippen LogP contribution in [0.1, 0.15) is 55.8 Å². The number of ether oxygens (including phenoxy) is 1. The fourth-order valence-corrected chi connectivity index (χ4v) is 4.56. The molecule has 0 spiro atoms. The number of benzene rings is 1.